The molecular formula is C16H21N3O4S. The highest BCUT2D eigenvalue weighted by molar-refractivity contribution is 7.88. The van der Waals surface area contributed by atoms with E-state index in [0.29, 0.717) is 17.9 Å². The van der Waals surface area contributed by atoms with E-state index in [-0.39, 0.29) is 17.3 Å². The number of ether oxygens (including phenoxy) is 1. The molecule has 0 fully saturated rings. The first-order chi connectivity index (χ1) is 11.2. The third-order valence-corrected chi connectivity index (χ3v) is 4.78. The van der Waals surface area contributed by atoms with E-state index < -0.39 is 16.1 Å². The molecule has 130 valence electrons. The van der Waals surface area contributed by atoms with Crippen LogP contribution in [0.4, 0.5) is 0 Å². The van der Waals surface area contributed by atoms with E-state index in [1.165, 1.54) is 13.1 Å². The predicted molar refractivity (Wildman–Crippen MR) is 92.1 cm³/mol. The number of methoxy groups -OCH3 is 1. The number of hydrogen-bond donors (Lipinski definition) is 1. The molecular weight excluding hydrogens is 330 g/mol. The molecule has 1 aliphatic rings. The molecule has 0 spiro atoms. The van der Waals surface area contributed by atoms with E-state index in [0.717, 1.165) is 4.31 Å². The number of hydrogen-bond acceptors (Lipinski definition) is 4. The summed E-state index contributed by atoms with van der Waals surface area (Å²) in [5, 5.41) is 2.72. The number of nitrogens with zero attached hydrogens (tertiary/aromatic N) is 2. The number of rotatable bonds is 5. The lowest BCUT2D eigenvalue weighted by Crippen LogP contribution is -2.39. The molecule has 1 aliphatic heterocycles. The zero-order chi connectivity index (χ0) is 17.9. The molecule has 1 aromatic rings. The van der Waals surface area contributed by atoms with Crippen LogP contribution >= 0.6 is 0 Å². The molecule has 0 aromatic heterocycles. The fourth-order valence-corrected chi connectivity index (χ4v) is 2.96. The Kier molecular flexibility index (Phi) is 5.28. The van der Waals surface area contributed by atoms with Gasteiger partial charge in [-0.15, -0.1) is 4.40 Å². The lowest BCUT2D eigenvalue weighted by molar-refractivity contribution is -0.118. The molecule has 0 unspecified atom stereocenters. The summed E-state index contributed by atoms with van der Waals surface area (Å²) in [6.45, 7) is 4.37. The smallest absolute Gasteiger partial charge is 0.345 e. The number of carbonyl (C=O) groups excluding carboxylic acids is 1. The van der Waals surface area contributed by atoms with Crippen LogP contribution in [0.25, 0.3) is 0 Å². The number of allylic oxidation sites excluding steroid dienone is 1. The largest absolute Gasteiger partial charge is 0.497 e. The summed E-state index contributed by atoms with van der Waals surface area (Å²) in [6.07, 6.45) is 1.47. The predicted octanol–water partition coefficient (Wildman–Crippen LogP) is 1.33. The molecule has 2 rings (SSSR count). The van der Waals surface area contributed by atoms with Gasteiger partial charge in [0.1, 0.15) is 11.4 Å². The Balaban J connectivity index is 2.37. The van der Waals surface area contributed by atoms with Crippen molar-refractivity contribution < 1.29 is 17.9 Å². The fraction of sp³-hybridized carbons (Fsp3) is 0.375. The van der Waals surface area contributed by atoms with Crippen molar-refractivity contribution in [2.75, 3.05) is 20.7 Å². The molecule has 24 heavy (non-hydrogen) atoms. The van der Waals surface area contributed by atoms with Crippen LogP contribution in [-0.2, 0) is 15.0 Å². The lowest BCUT2D eigenvalue weighted by Gasteiger charge is -2.24. The molecule has 0 aliphatic carbocycles. The van der Waals surface area contributed by atoms with Crippen molar-refractivity contribution in [2.24, 2.45) is 10.3 Å². The second-order valence-corrected chi connectivity index (χ2v) is 7.41. The number of nitrogens with one attached hydrogen (secondary N) is 1. The summed E-state index contributed by atoms with van der Waals surface area (Å²) >= 11 is 0. The normalized spacial score (nSPS) is 16.5. The maximum Gasteiger partial charge on any atom is 0.345 e. The van der Waals surface area contributed by atoms with Crippen molar-refractivity contribution >= 4 is 21.8 Å². The molecule has 0 saturated carbocycles. The molecule has 0 atom stereocenters. The summed E-state index contributed by atoms with van der Waals surface area (Å²) in [5.74, 6) is 0.458. The topological polar surface area (TPSA) is 88.1 Å². The van der Waals surface area contributed by atoms with E-state index >= 15 is 0 Å². The average Bonchev–Trinajstić information content (AvgIpc) is 2.55. The van der Waals surface area contributed by atoms with Gasteiger partial charge in [0.25, 0.3) is 5.91 Å². The third-order valence-electron chi connectivity index (χ3n) is 3.46. The van der Waals surface area contributed by atoms with Crippen molar-refractivity contribution in [3.63, 3.8) is 0 Å². The van der Waals surface area contributed by atoms with Gasteiger partial charge in [-0.2, -0.15) is 8.42 Å². The van der Waals surface area contributed by atoms with Gasteiger partial charge in [0.05, 0.1) is 12.8 Å². The van der Waals surface area contributed by atoms with Gasteiger partial charge in [-0.1, -0.05) is 13.8 Å². The van der Waals surface area contributed by atoms with Crippen molar-refractivity contribution in [2.45, 2.75) is 13.8 Å². The van der Waals surface area contributed by atoms with Gasteiger partial charge in [0.2, 0.25) is 0 Å². The highest BCUT2D eigenvalue weighted by Gasteiger charge is 2.29. The van der Waals surface area contributed by atoms with Crippen molar-refractivity contribution in [3.8, 4) is 5.75 Å². The van der Waals surface area contributed by atoms with Crippen molar-refractivity contribution in [3.05, 3.63) is 41.6 Å². The maximum absolute atomic E-state index is 12.3. The molecule has 0 radical (unpaired) electrons. The summed E-state index contributed by atoms with van der Waals surface area (Å²) in [4.78, 5) is 12.3. The summed E-state index contributed by atoms with van der Waals surface area (Å²) in [7, 11) is -1.09. The SMILES string of the molecule is COc1ccc(C2=NS(=O)(=O)N(C)C(C(=O)NCC(C)C)=C2)cc1. The minimum absolute atomic E-state index is 0.0384. The van der Waals surface area contributed by atoms with Gasteiger partial charge in [0.15, 0.2) is 0 Å². The van der Waals surface area contributed by atoms with E-state index in [2.05, 4.69) is 9.71 Å². The van der Waals surface area contributed by atoms with Crippen LogP contribution in [0.2, 0.25) is 0 Å². The molecule has 7 nitrogen and oxygen atoms in total. The summed E-state index contributed by atoms with van der Waals surface area (Å²) in [6, 6.07) is 6.79. The standard InChI is InChI=1S/C16H21N3O4S/c1-11(2)10-17-16(20)15-9-14(18-24(21,22)19(15)3)12-5-7-13(23-4)8-6-12/h5-9,11H,10H2,1-4H3,(H,17,20). The van der Waals surface area contributed by atoms with Crippen LogP contribution in [0.5, 0.6) is 5.75 Å². The number of likely N-dealkylation sites (N-methyl/N-ethyl adjacent to an activating group) is 1. The molecule has 1 N–H and O–H groups in total. The van der Waals surface area contributed by atoms with Crippen LogP contribution < -0.4 is 10.1 Å². The first-order valence-corrected chi connectivity index (χ1v) is 8.87. The Morgan fingerprint density at radius 3 is 2.46 bits per heavy atom. The van der Waals surface area contributed by atoms with Gasteiger partial charge in [0, 0.05) is 19.2 Å². The van der Waals surface area contributed by atoms with Gasteiger partial charge in [-0.25, -0.2) is 4.31 Å². The minimum Gasteiger partial charge on any atom is -0.497 e. The summed E-state index contributed by atoms with van der Waals surface area (Å²) in [5.41, 5.74) is 0.837. The van der Waals surface area contributed by atoms with Crippen LogP contribution in [0.1, 0.15) is 19.4 Å². The van der Waals surface area contributed by atoms with Crippen molar-refractivity contribution in [1.82, 2.24) is 9.62 Å². The zero-order valence-corrected chi connectivity index (χ0v) is 14.9. The Labute approximate surface area is 142 Å². The monoisotopic (exact) mass is 351 g/mol. The second kappa shape index (κ2) is 7.04. The fourth-order valence-electron chi connectivity index (χ4n) is 2.05. The maximum atomic E-state index is 12.3. The van der Waals surface area contributed by atoms with Crippen molar-refractivity contribution in [1.29, 1.82) is 0 Å². The van der Waals surface area contributed by atoms with Gasteiger partial charge >= 0.3 is 10.2 Å². The second-order valence-electron chi connectivity index (χ2n) is 5.78. The van der Waals surface area contributed by atoms with Gasteiger partial charge < -0.3 is 10.1 Å². The Morgan fingerprint density at radius 1 is 1.29 bits per heavy atom. The number of carbonyl (C=O) groups is 1. The van der Waals surface area contributed by atoms with E-state index in [4.69, 9.17) is 4.74 Å². The van der Waals surface area contributed by atoms with E-state index in [9.17, 15) is 13.2 Å². The van der Waals surface area contributed by atoms with E-state index in [1.54, 1.807) is 31.4 Å². The number of benzene rings is 1. The first kappa shape index (κ1) is 18.0. The van der Waals surface area contributed by atoms with Crippen LogP contribution in [0.3, 0.4) is 0 Å². The highest BCUT2D eigenvalue weighted by Crippen LogP contribution is 2.21. The summed E-state index contributed by atoms with van der Waals surface area (Å²) < 4.78 is 34.2. The molecule has 0 saturated heterocycles. The quantitative estimate of drug-likeness (QED) is 0.867. The zero-order valence-electron chi connectivity index (χ0n) is 14.1. The Morgan fingerprint density at radius 2 is 1.92 bits per heavy atom. The molecule has 1 amide bonds. The highest BCUT2D eigenvalue weighted by atomic mass is 32.2. The average molecular weight is 351 g/mol. The van der Waals surface area contributed by atoms with Crippen LogP contribution in [-0.4, -0.2) is 45.0 Å². The van der Waals surface area contributed by atoms with E-state index in [1.807, 2.05) is 13.8 Å². The third kappa shape index (κ3) is 3.94. The molecule has 1 aromatic carbocycles. The van der Waals surface area contributed by atoms with Gasteiger partial charge in [-0.3, -0.25) is 4.79 Å². The Hall–Kier alpha value is -2.35. The van der Waals surface area contributed by atoms with Crippen LogP contribution in [0, 0.1) is 5.92 Å². The molecule has 8 heteroatoms. The lowest BCUT2D eigenvalue weighted by atomic mass is 10.1. The number of amides is 1. The Bertz CT molecular complexity index is 780. The van der Waals surface area contributed by atoms with Crippen LogP contribution in [0.15, 0.2) is 40.4 Å². The minimum atomic E-state index is -3.95. The van der Waals surface area contributed by atoms with Gasteiger partial charge in [-0.05, 0) is 36.3 Å². The first-order valence-electron chi connectivity index (χ1n) is 7.47. The molecule has 1 heterocycles. The molecule has 0 bridgehead atoms.